The molecular weight excluding hydrogens is 296 g/mol. The summed E-state index contributed by atoms with van der Waals surface area (Å²) in [7, 11) is 1.70. The van der Waals surface area contributed by atoms with Crippen molar-refractivity contribution >= 4 is 17.8 Å². The van der Waals surface area contributed by atoms with Crippen molar-refractivity contribution in [2.24, 2.45) is 0 Å². The summed E-state index contributed by atoms with van der Waals surface area (Å²) in [5, 5.41) is 3.01. The molecule has 2 amide bonds. The van der Waals surface area contributed by atoms with E-state index in [-0.39, 0.29) is 12.1 Å². The number of carbonyl (C=O) groups is 1. The summed E-state index contributed by atoms with van der Waals surface area (Å²) in [5.74, 6) is 0. The number of benzene rings is 1. The van der Waals surface area contributed by atoms with Crippen molar-refractivity contribution < 1.29 is 9.53 Å². The van der Waals surface area contributed by atoms with Crippen LogP contribution in [0.1, 0.15) is 31.7 Å². The minimum absolute atomic E-state index is 0.0414. The molecular formula is C17H26N2O2S. The minimum Gasteiger partial charge on any atom is -0.382 e. The number of carbonyl (C=O) groups excluding carboxylic acids is 1. The van der Waals surface area contributed by atoms with Crippen LogP contribution in [-0.4, -0.2) is 43.0 Å². The Bertz CT molecular complexity index is 474. The molecule has 1 unspecified atom stereocenters. The Morgan fingerprint density at radius 2 is 2.09 bits per heavy atom. The number of rotatable bonds is 8. The van der Waals surface area contributed by atoms with E-state index in [0.717, 1.165) is 19.3 Å². The van der Waals surface area contributed by atoms with Crippen molar-refractivity contribution in [1.29, 1.82) is 0 Å². The molecule has 0 saturated heterocycles. The third-order valence-corrected chi connectivity index (χ3v) is 4.73. The van der Waals surface area contributed by atoms with Crippen LogP contribution >= 0.6 is 11.8 Å². The highest BCUT2D eigenvalue weighted by atomic mass is 32.2. The molecule has 1 aliphatic carbocycles. The van der Waals surface area contributed by atoms with E-state index in [1.807, 2.05) is 11.8 Å². The van der Waals surface area contributed by atoms with Crippen LogP contribution in [0.5, 0.6) is 0 Å². The van der Waals surface area contributed by atoms with Crippen molar-refractivity contribution in [2.75, 3.05) is 19.9 Å². The molecule has 1 N–H and O–H groups in total. The summed E-state index contributed by atoms with van der Waals surface area (Å²) < 4.78 is 5.20. The average Bonchev–Trinajstić information content (AvgIpc) is 3.37. The monoisotopic (exact) mass is 322 g/mol. The molecule has 0 bridgehead atoms. The Kier molecular flexibility index (Phi) is 6.58. The predicted octanol–water partition coefficient (Wildman–Crippen LogP) is 3.51. The summed E-state index contributed by atoms with van der Waals surface area (Å²) in [6.45, 7) is 3.35. The van der Waals surface area contributed by atoms with E-state index in [1.54, 1.807) is 18.9 Å². The van der Waals surface area contributed by atoms with Crippen LogP contribution in [0.3, 0.4) is 0 Å². The number of ether oxygens (including phenoxy) is 1. The molecule has 22 heavy (non-hydrogen) atoms. The third kappa shape index (κ3) is 5.21. The Morgan fingerprint density at radius 1 is 1.41 bits per heavy atom. The molecule has 4 nitrogen and oxygen atoms in total. The zero-order valence-electron chi connectivity index (χ0n) is 13.7. The number of nitrogens with zero attached hydrogens (tertiary/aromatic N) is 1. The molecule has 0 radical (unpaired) electrons. The lowest BCUT2D eigenvalue weighted by molar-refractivity contribution is 0.110. The van der Waals surface area contributed by atoms with E-state index in [9.17, 15) is 4.79 Å². The van der Waals surface area contributed by atoms with E-state index < -0.39 is 0 Å². The van der Waals surface area contributed by atoms with Gasteiger partial charge in [-0.25, -0.2) is 4.79 Å². The van der Waals surface area contributed by atoms with Gasteiger partial charge in [-0.1, -0.05) is 12.1 Å². The lowest BCUT2D eigenvalue weighted by atomic mass is 10.2. The second-order valence-corrected chi connectivity index (χ2v) is 6.65. The smallest absolute Gasteiger partial charge is 0.317 e. The minimum atomic E-state index is 0.0414. The predicted molar refractivity (Wildman–Crippen MR) is 91.3 cm³/mol. The highest BCUT2D eigenvalue weighted by molar-refractivity contribution is 7.98. The molecule has 0 aliphatic heterocycles. The Balaban J connectivity index is 1.87. The molecule has 1 fully saturated rings. The first-order chi connectivity index (χ1) is 10.6. The fourth-order valence-corrected chi connectivity index (χ4v) is 2.69. The standard InChI is InChI=1S/C17H26N2O2S/c1-13(21-2)10-11-18-17(20)19(15-6-7-15)12-14-4-8-16(22-3)9-5-14/h4-5,8-9,13,15H,6-7,10-12H2,1-3H3,(H,18,20). The molecule has 1 saturated carbocycles. The normalized spacial score (nSPS) is 15.4. The maximum absolute atomic E-state index is 12.4. The highest BCUT2D eigenvalue weighted by Crippen LogP contribution is 2.28. The first-order valence-corrected chi connectivity index (χ1v) is 9.06. The van der Waals surface area contributed by atoms with Gasteiger partial charge in [-0.05, 0) is 50.1 Å². The molecule has 1 atom stereocenters. The molecule has 5 heteroatoms. The Morgan fingerprint density at radius 3 is 2.64 bits per heavy atom. The first-order valence-electron chi connectivity index (χ1n) is 7.84. The van der Waals surface area contributed by atoms with Crippen molar-refractivity contribution in [3.63, 3.8) is 0 Å². The van der Waals surface area contributed by atoms with Crippen LogP contribution < -0.4 is 5.32 Å². The summed E-state index contributed by atoms with van der Waals surface area (Å²) in [6, 6.07) is 8.90. The van der Waals surface area contributed by atoms with Crippen LogP contribution in [0.25, 0.3) is 0 Å². The molecule has 1 aliphatic rings. The number of thioether (sulfide) groups is 1. The molecule has 0 spiro atoms. The van der Waals surface area contributed by atoms with Crippen LogP contribution in [0.2, 0.25) is 0 Å². The van der Waals surface area contributed by atoms with Crippen molar-refractivity contribution in [1.82, 2.24) is 10.2 Å². The van der Waals surface area contributed by atoms with Crippen LogP contribution in [-0.2, 0) is 11.3 Å². The SMILES string of the molecule is COC(C)CCNC(=O)N(Cc1ccc(SC)cc1)C1CC1. The molecule has 0 heterocycles. The van der Waals surface area contributed by atoms with Crippen LogP contribution in [0.15, 0.2) is 29.2 Å². The molecule has 1 aromatic carbocycles. The van der Waals surface area contributed by atoms with Gasteiger partial charge in [0.25, 0.3) is 0 Å². The largest absolute Gasteiger partial charge is 0.382 e. The Hall–Kier alpha value is -1.20. The highest BCUT2D eigenvalue weighted by Gasteiger charge is 2.32. The number of hydrogen-bond donors (Lipinski definition) is 1. The van der Waals surface area contributed by atoms with Crippen LogP contribution in [0, 0.1) is 0 Å². The van der Waals surface area contributed by atoms with Gasteiger partial charge < -0.3 is 15.0 Å². The van der Waals surface area contributed by atoms with Gasteiger partial charge in [0, 0.05) is 31.1 Å². The fourth-order valence-electron chi connectivity index (χ4n) is 2.28. The molecule has 1 aromatic rings. The van der Waals surface area contributed by atoms with Gasteiger partial charge in [-0.2, -0.15) is 0 Å². The summed E-state index contributed by atoms with van der Waals surface area (Å²) in [6.07, 6.45) is 5.31. The van der Waals surface area contributed by atoms with Gasteiger partial charge in [0.1, 0.15) is 0 Å². The van der Waals surface area contributed by atoms with Crippen molar-refractivity contribution in [2.45, 2.75) is 49.8 Å². The quantitative estimate of drug-likeness (QED) is 0.745. The second kappa shape index (κ2) is 8.44. The third-order valence-electron chi connectivity index (χ3n) is 3.99. The van der Waals surface area contributed by atoms with Crippen molar-refractivity contribution in [3.8, 4) is 0 Å². The Labute approximate surface area is 137 Å². The van der Waals surface area contributed by atoms with E-state index in [0.29, 0.717) is 19.1 Å². The summed E-state index contributed by atoms with van der Waals surface area (Å²) >= 11 is 1.73. The first kappa shape index (κ1) is 17.2. The van der Waals surface area contributed by atoms with E-state index in [1.165, 1.54) is 10.5 Å². The number of methoxy groups -OCH3 is 1. The molecule has 0 aromatic heterocycles. The van der Waals surface area contributed by atoms with Gasteiger partial charge in [0.05, 0.1) is 6.10 Å². The topological polar surface area (TPSA) is 41.6 Å². The van der Waals surface area contributed by atoms with E-state index >= 15 is 0 Å². The lowest BCUT2D eigenvalue weighted by Gasteiger charge is -2.23. The van der Waals surface area contributed by atoms with E-state index in [4.69, 9.17) is 4.74 Å². The number of hydrogen-bond acceptors (Lipinski definition) is 3. The molecule has 2 rings (SSSR count). The fraction of sp³-hybridized carbons (Fsp3) is 0.588. The number of nitrogens with one attached hydrogen (secondary N) is 1. The number of amides is 2. The molecule has 122 valence electrons. The number of urea groups is 1. The van der Waals surface area contributed by atoms with Gasteiger partial charge in [0.15, 0.2) is 0 Å². The van der Waals surface area contributed by atoms with Gasteiger partial charge >= 0.3 is 6.03 Å². The average molecular weight is 322 g/mol. The zero-order valence-corrected chi connectivity index (χ0v) is 14.5. The maximum Gasteiger partial charge on any atom is 0.317 e. The van der Waals surface area contributed by atoms with Crippen LogP contribution in [0.4, 0.5) is 4.79 Å². The maximum atomic E-state index is 12.4. The zero-order chi connectivity index (χ0) is 15.9. The summed E-state index contributed by atoms with van der Waals surface area (Å²) in [5.41, 5.74) is 1.19. The van der Waals surface area contributed by atoms with Gasteiger partial charge in [0.2, 0.25) is 0 Å². The van der Waals surface area contributed by atoms with Gasteiger partial charge in [-0.3, -0.25) is 0 Å². The second-order valence-electron chi connectivity index (χ2n) is 5.77. The van der Waals surface area contributed by atoms with Crippen molar-refractivity contribution in [3.05, 3.63) is 29.8 Å². The van der Waals surface area contributed by atoms with E-state index in [2.05, 4.69) is 35.8 Å². The summed E-state index contributed by atoms with van der Waals surface area (Å²) in [4.78, 5) is 15.6. The lowest BCUT2D eigenvalue weighted by Crippen LogP contribution is -2.41. The van der Waals surface area contributed by atoms with Gasteiger partial charge in [-0.15, -0.1) is 11.8 Å².